The van der Waals surface area contributed by atoms with Gasteiger partial charge in [-0.05, 0) is 75.1 Å². The number of benzene rings is 1. The Balaban J connectivity index is 1.51. The van der Waals surface area contributed by atoms with Crippen molar-refractivity contribution in [2.45, 2.75) is 110 Å². The molecule has 12 heteroatoms. The molecule has 4 amide bonds. The smallest absolute Gasteiger partial charge is 0.270 e. The van der Waals surface area contributed by atoms with Crippen molar-refractivity contribution in [3.63, 3.8) is 0 Å². The van der Waals surface area contributed by atoms with Crippen molar-refractivity contribution in [2.75, 3.05) is 25.5 Å². The van der Waals surface area contributed by atoms with Gasteiger partial charge in [-0.1, -0.05) is 39.7 Å². The molecule has 1 aliphatic heterocycles. The first-order valence-electron chi connectivity index (χ1n) is 17.0. The highest BCUT2D eigenvalue weighted by molar-refractivity contribution is 6.00. The summed E-state index contributed by atoms with van der Waals surface area (Å²) in [6, 6.07) is 4.30. The quantitative estimate of drug-likeness (QED) is 0.306. The number of aromatic nitrogens is 2. The minimum Gasteiger partial charge on any atom is -0.378 e. The summed E-state index contributed by atoms with van der Waals surface area (Å²) in [5, 5.41) is 12.6. The van der Waals surface area contributed by atoms with Crippen molar-refractivity contribution in [1.29, 1.82) is 0 Å². The molecule has 2 fully saturated rings. The molecule has 258 valence electrons. The maximum atomic E-state index is 15.7. The highest BCUT2D eigenvalue weighted by Gasteiger charge is 2.37. The second-order valence-electron chi connectivity index (χ2n) is 13.4. The second kappa shape index (κ2) is 15.9. The number of rotatable bonds is 12. The number of hydrogen-bond acceptors (Lipinski definition) is 6. The zero-order valence-electron chi connectivity index (χ0n) is 28.6. The van der Waals surface area contributed by atoms with Crippen LogP contribution in [0.5, 0.6) is 0 Å². The SMILES string of the molecule is CCC(=O)N[C@@H](C(=O)N1CCC(C)(OC)CC1)[C@@H](C)c1ccc(NC(=O)[C@@H](NC(=O)c2ccnn2CC)C2CCC(C)CC2)c(F)c1. The molecule has 1 saturated heterocycles. The Labute approximate surface area is 277 Å². The van der Waals surface area contributed by atoms with E-state index in [-0.39, 0.29) is 35.4 Å². The molecular weight excluding hydrogens is 603 g/mol. The number of halogens is 1. The fourth-order valence-electron chi connectivity index (χ4n) is 6.61. The zero-order chi connectivity index (χ0) is 34.3. The molecule has 0 radical (unpaired) electrons. The molecule has 3 N–H and O–H groups in total. The van der Waals surface area contributed by atoms with Gasteiger partial charge in [0.2, 0.25) is 17.7 Å². The third kappa shape index (κ3) is 8.77. The van der Waals surface area contributed by atoms with E-state index in [1.54, 1.807) is 48.9 Å². The number of ether oxygens (including phenoxy) is 1. The zero-order valence-corrected chi connectivity index (χ0v) is 28.6. The van der Waals surface area contributed by atoms with Gasteiger partial charge < -0.3 is 25.6 Å². The van der Waals surface area contributed by atoms with E-state index in [9.17, 15) is 19.2 Å². The maximum Gasteiger partial charge on any atom is 0.270 e. The molecule has 1 aliphatic carbocycles. The van der Waals surface area contributed by atoms with Gasteiger partial charge in [0.15, 0.2) is 0 Å². The van der Waals surface area contributed by atoms with Crippen LogP contribution >= 0.6 is 0 Å². The van der Waals surface area contributed by atoms with E-state index < -0.39 is 35.6 Å². The Bertz CT molecular complexity index is 1410. The summed E-state index contributed by atoms with van der Waals surface area (Å²) in [7, 11) is 1.67. The average molecular weight is 655 g/mol. The molecule has 11 nitrogen and oxygen atoms in total. The van der Waals surface area contributed by atoms with Gasteiger partial charge in [0.05, 0.1) is 11.3 Å². The Hall–Kier alpha value is -3.80. The third-order valence-electron chi connectivity index (χ3n) is 10.2. The van der Waals surface area contributed by atoms with Gasteiger partial charge in [-0.2, -0.15) is 5.10 Å². The molecule has 1 aromatic carbocycles. The van der Waals surface area contributed by atoms with Gasteiger partial charge in [-0.3, -0.25) is 23.9 Å². The Morgan fingerprint density at radius 2 is 1.74 bits per heavy atom. The number of likely N-dealkylation sites (tertiary alicyclic amines) is 1. The minimum absolute atomic E-state index is 0.0247. The predicted octanol–water partition coefficient (Wildman–Crippen LogP) is 4.63. The van der Waals surface area contributed by atoms with Crippen LogP contribution in [0.4, 0.5) is 10.1 Å². The van der Waals surface area contributed by atoms with Gasteiger partial charge in [0, 0.05) is 45.3 Å². The number of nitrogens with one attached hydrogen (secondary N) is 3. The van der Waals surface area contributed by atoms with Crippen molar-refractivity contribution in [3.8, 4) is 0 Å². The summed E-state index contributed by atoms with van der Waals surface area (Å²) in [6.45, 7) is 11.1. The Morgan fingerprint density at radius 3 is 2.34 bits per heavy atom. The molecule has 0 bridgehead atoms. The van der Waals surface area contributed by atoms with Crippen LogP contribution in [0.2, 0.25) is 0 Å². The lowest BCUT2D eigenvalue weighted by Crippen LogP contribution is -2.54. The molecule has 2 aromatic rings. The van der Waals surface area contributed by atoms with Crippen LogP contribution in [0.25, 0.3) is 0 Å². The summed E-state index contributed by atoms with van der Waals surface area (Å²) in [4.78, 5) is 54.8. The molecule has 1 saturated carbocycles. The summed E-state index contributed by atoms with van der Waals surface area (Å²) < 4.78 is 22.9. The van der Waals surface area contributed by atoms with Gasteiger partial charge in [0.1, 0.15) is 23.6 Å². The standard InChI is InChI=1S/C35H51FN6O5/c1-7-29(43)39-30(34(46)41-19-16-35(5,47-6)17-20-41)23(4)25-13-14-27(26(36)21-25)38-33(45)31(24-11-9-22(3)10-12-24)40-32(44)28-15-18-37-42(28)8-2/h13-15,18,21-24,30-31H,7-12,16-17,19-20H2,1-6H3,(H,38,45)(H,39,43)(H,40,44)/t22?,23-,24?,30+,31-/m0/s1. The van der Waals surface area contributed by atoms with E-state index >= 15 is 4.39 Å². The normalized spacial score (nSPS) is 21.3. The van der Waals surface area contributed by atoms with Crippen molar-refractivity contribution in [3.05, 3.63) is 47.5 Å². The Kier molecular flexibility index (Phi) is 12.2. The summed E-state index contributed by atoms with van der Waals surface area (Å²) in [6.07, 6.45) is 6.51. The minimum atomic E-state index is -0.890. The van der Waals surface area contributed by atoms with Gasteiger partial charge >= 0.3 is 0 Å². The summed E-state index contributed by atoms with van der Waals surface area (Å²) in [5.74, 6) is -2.16. The summed E-state index contributed by atoms with van der Waals surface area (Å²) in [5.41, 5.74) is 0.537. The topological polar surface area (TPSA) is 135 Å². The first kappa shape index (κ1) is 36.0. The average Bonchev–Trinajstić information content (AvgIpc) is 3.56. The maximum absolute atomic E-state index is 15.7. The highest BCUT2D eigenvalue weighted by atomic mass is 19.1. The van der Waals surface area contributed by atoms with Gasteiger partial charge in [0.25, 0.3) is 5.91 Å². The molecule has 1 aromatic heterocycles. The molecule has 0 spiro atoms. The fourth-order valence-corrected chi connectivity index (χ4v) is 6.61. The van der Waals surface area contributed by atoms with Crippen LogP contribution < -0.4 is 16.0 Å². The number of anilines is 1. The Morgan fingerprint density at radius 1 is 1.06 bits per heavy atom. The lowest BCUT2D eigenvalue weighted by Gasteiger charge is -2.40. The van der Waals surface area contributed by atoms with Crippen LogP contribution in [0.15, 0.2) is 30.5 Å². The largest absolute Gasteiger partial charge is 0.378 e. The molecule has 0 unspecified atom stereocenters. The van der Waals surface area contributed by atoms with Crippen LogP contribution in [0.3, 0.4) is 0 Å². The van der Waals surface area contributed by atoms with E-state index in [1.165, 1.54) is 12.1 Å². The lowest BCUT2D eigenvalue weighted by atomic mass is 9.79. The first-order chi connectivity index (χ1) is 22.4. The number of nitrogens with zero attached hydrogens (tertiary/aromatic N) is 3. The second-order valence-corrected chi connectivity index (χ2v) is 13.4. The third-order valence-corrected chi connectivity index (χ3v) is 10.2. The predicted molar refractivity (Wildman–Crippen MR) is 177 cm³/mol. The van der Waals surface area contributed by atoms with Crippen molar-refractivity contribution in [1.82, 2.24) is 25.3 Å². The van der Waals surface area contributed by atoms with E-state index in [0.717, 1.165) is 25.7 Å². The van der Waals surface area contributed by atoms with Crippen LogP contribution in [0, 0.1) is 17.7 Å². The molecule has 2 heterocycles. The van der Waals surface area contributed by atoms with E-state index in [1.807, 2.05) is 13.8 Å². The van der Waals surface area contributed by atoms with Gasteiger partial charge in [-0.25, -0.2) is 4.39 Å². The molecule has 2 aliphatic rings. The molecular formula is C35H51FN6O5. The van der Waals surface area contributed by atoms with Crippen LogP contribution in [0.1, 0.15) is 102 Å². The number of amides is 4. The highest BCUT2D eigenvalue weighted by Crippen LogP contribution is 2.32. The number of aryl methyl sites for hydroxylation is 1. The monoisotopic (exact) mass is 654 g/mol. The lowest BCUT2D eigenvalue weighted by molar-refractivity contribution is -0.141. The van der Waals surface area contributed by atoms with Crippen molar-refractivity contribution >= 4 is 29.3 Å². The number of carbonyl (C=O) groups is 4. The van der Waals surface area contributed by atoms with E-state index in [2.05, 4.69) is 28.0 Å². The number of methoxy groups -OCH3 is 1. The number of piperidine rings is 1. The summed E-state index contributed by atoms with van der Waals surface area (Å²) >= 11 is 0. The van der Waals surface area contributed by atoms with Crippen molar-refractivity contribution < 1.29 is 28.3 Å². The molecule has 3 atom stereocenters. The number of carbonyl (C=O) groups excluding carboxylic acids is 4. The molecule has 4 rings (SSSR count). The molecule has 47 heavy (non-hydrogen) atoms. The van der Waals surface area contributed by atoms with Gasteiger partial charge in [-0.15, -0.1) is 0 Å². The number of hydrogen-bond donors (Lipinski definition) is 3. The van der Waals surface area contributed by atoms with E-state index in [4.69, 9.17) is 4.74 Å². The van der Waals surface area contributed by atoms with Crippen LogP contribution in [-0.2, 0) is 25.7 Å². The van der Waals surface area contributed by atoms with Crippen molar-refractivity contribution in [2.24, 2.45) is 11.8 Å². The first-order valence-corrected chi connectivity index (χ1v) is 17.0. The van der Waals surface area contributed by atoms with E-state index in [0.29, 0.717) is 49.7 Å². The fraction of sp³-hybridized carbons (Fsp3) is 0.629. The van der Waals surface area contributed by atoms with Crippen LogP contribution in [-0.4, -0.2) is 76.2 Å².